The van der Waals surface area contributed by atoms with Crippen LogP contribution in [0.2, 0.25) is 0 Å². The minimum atomic E-state index is -0.776. The van der Waals surface area contributed by atoms with Crippen LogP contribution in [0.1, 0.15) is 89.3 Å². The molecule has 0 radical (unpaired) electrons. The molecule has 0 bridgehead atoms. The molecule has 1 unspecified atom stereocenters. The van der Waals surface area contributed by atoms with Crippen molar-refractivity contribution >= 4 is 17.5 Å². The van der Waals surface area contributed by atoms with Gasteiger partial charge >= 0.3 is 0 Å². The van der Waals surface area contributed by atoms with Gasteiger partial charge in [-0.3, -0.25) is 19.5 Å². The maximum atomic E-state index is 14.1. The Balaban J connectivity index is 1.74. The van der Waals surface area contributed by atoms with Crippen LogP contribution in [-0.4, -0.2) is 35.4 Å². The average Bonchev–Trinajstić information content (AvgIpc) is 2.88. The summed E-state index contributed by atoms with van der Waals surface area (Å²) in [4.78, 5) is 34.0. The SMILES string of the molecule is CC(C)(C)c1ccc(N(C(=O)[C@H]2CCCCN2)C(C(=O)NC2CCCCC2)c2cccnc2)cc1. The zero-order chi connectivity index (χ0) is 24.8. The third-order valence-corrected chi connectivity index (χ3v) is 7.32. The van der Waals surface area contributed by atoms with Crippen molar-refractivity contribution in [3.8, 4) is 0 Å². The maximum Gasteiger partial charge on any atom is 0.248 e. The fourth-order valence-corrected chi connectivity index (χ4v) is 5.24. The number of carbonyl (C=O) groups is 2. The molecule has 4 rings (SSSR count). The van der Waals surface area contributed by atoms with Crippen LogP contribution in [0.3, 0.4) is 0 Å². The number of pyridine rings is 1. The number of carbonyl (C=O) groups excluding carboxylic acids is 2. The molecule has 2 heterocycles. The quantitative estimate of drug-likeness (QED) is 0.612. The van der Waals surface area contributed by atoms with Gasteiger partial charge in [0.1, 0.15) is 6.04 Å². The van der Waals surface area contributed by atoms with Crippen molar-refractivity contribution < 1.29 is 9.59 Å². The Hall–Kier alpha value is -2.73. The molecule has 1 saturated heterocycles. The Morgan fingerprint density at radius 3 is 2.31 bits per heavy atom. The summed E-state index contributed by atoms with van der Waals surface area (Å²) < 4.78 is 0. The van der Waals surface area contributed by atoms with Gasteiger partial charge in [-0.15, -0.1) is 0 Å². The van der Waals surface area contributed by atoms with Crippen molar-refractivity contribution in [2.45, 2.75) is 95.7 Å². The predicted molar refractivity (Wildman–Crippen MR) is 140 cm³/mol. The van der Waals surface area contributed by atoms with Crippen LogP contribution in [0.4, 0.5) is 5.69 Å². The van der Waals surface area contributed by atoms with E-state index in [0.717, 1.165) is 62.7 Å². The molecule has 2 aliphatic rings. The fraction of sp³-hybridized carbons (Fsp3) is 0.552. The van der Waals surface area contributed by atoms with E-state index in [4.69, 9.17) is 0 Å². The molecule has 1 aliphatic heterocycles. The minimum absolute atomic E-state index is 0.000592. The molecule has 2 N–H and O–H groups in total. The molecule has 2 fully saturated rings. The third kappa shape index (κ3) is 6.29. The third-order valence-electron chi connectivity index (χ3n) is 7.32. The zero-order valence-electron chi connectivity index (χ0n) is 21.4. The van der Waals surface area contributed by atoms with E-state index in [1.165, 1.54) is 12.0 Å². The Kier molecular flexibility index (Phi) is 8.22. The number of anilines is 1. The highest BCUT2D eigenvalue weighted by atomic mass is 16.2. The van der Waals surface area contributed by atoms with Crippen LogP contribution < -0.4 is 15.5 Å². The normalized spacial score (nSPS) is 20.1. The number of hydrogen-bond acceptors (Lipinski definition) is 4. The first-order valence-electron chi connectivity index (χ1n) is 13.2. The number of nitrogens with one attached hydrogen (secondary N) is 2. The molecular weight excluding hydrogens is 436 g/mol. The van der Waals surface area contributed by atoms with Crippen LogP contribution in [0, 0.1) is 0 Å². The molecule has 2 atom stereocenters. The topological polar surface area (TPSA) is 74.3 Å². The number of aromatic nitrogens is 1. The summed E-state index contributed by atoms with van der Waals surface area (Å²) in [5.41, 5.74) is 2.65. The van der Waals surface area contributed by atoms with E-state index in [9.17, 15) is 9.59 Å². The molecule has 1 aromatic carbocycles. The second kappa shape index (κ2) is 11.3. The first-order valence-corrected chi connectivity index (χ1v) is 13.2. The van der Waals surface area contributed by atoms with Gasteiger partial charge < -0.3 is 10.6 Å². The Bertz CT molecular complexity index is 972. The van der Waals surface area contributed by atoms with E-state index in [1.54, 1.807) is 17.3 Å². The Morgan fingerprint density at radius 1 is 1.00 bits per heavy atom. The van der Waals surface area contributed by atoms with Crippen LogP contribution in [-0.2, 0) is 15.0 Å². The van der Waals surface area contributed by atoms with Crippen LogP contribution in [0.25, 0.3) is 0 Å². The van der Waals surface area contributed by atoms with Gasteiger partial charge in [-0.05, 0) is 61.4 Å². The summed E-state index contributed by atoms with van der Waals surface area (Å²) >= 11 is 0. The highest BCUT2D eigenvalue weighted by Gasteiger charge is 2.37. The standard InChI is InChI=1S/C29H40N4O2/c1-29(2,3)22-14-16-24(17-15-22)33(28(35)25-13-7-8-19-31-25)26(21-10-9-18-30-20-21)27(34)32-23-11-5-4-6-12-23/h9-10,14-18,20,23,25-26,31H,4-8,11-13,19H2,1-3H3,(H,32,34)/t25-,26?/m1/s1. The van der Waals surface area contributed by atoms with Crippen molar-refractivity contribution in [2.24, 2.45) is 0 Å². The van der Waals surface area contributed by atoms with Crippen molar-refractivity contribution in [1.82, 2.24) is 15.6 Å². The smallest absolute Gasteiger partial charge is 0.248 e. The molecule has 1 aliphatic carbocycles. The summed E-state index contributed by atoms with van der Waals surface area (Å²) in [7, 11) is 0. The van der Waals surface area contributed by atoms with Gasteiger partial charge in [0.05, 0.1) is 6.04 Å². The van der Waals surface area contributed by atoms with Crippen molar-refractivity contribution in [2.75, 3.05) is 11.4 Å². The zero-order valence-corrected chi connectivity index (χ0v) is 21.4. The molecule has 1 aromatic heterocycles. The van der Waals surface area contributed by atoms with E-state index in [-0.39, 0.29) is 29.3 Å². The molecule has 6 heteroatoms. The van der Waals surface area contributed by atoms with E-state index in [0.29, 0.717) is 0 Å². The summed E-state index contributed by atoms with van der Waals surface area (Å²) in [5.74, 6) is -0.185. The van der Waals surface area contributed by atoms with Crippen molar-refractivity contribution in [3.63, 3.8) is 0 Å². The van der Waals surface area contributed by atoms with Crippen molar-refractivity contribution in [3.05, 3.63) is 59.9 Å². The predicted octanol–water partition coefficient (Wildman–Crippen LogP) is 5.04. The average molecular weight is 477 g/mol. The number of rotatable bonds is 6. The number of amides is 2. The van der Waals surface area contributed by atoms with Gasteiger partial charge in [-0.25, -0.2) is 0 Å². The summed E-state index contributed by atoms with van der Waals surface area (Å²) in [6, 6.07) is 10.9. The van der Waals surface area contributed by atoms with E-state index < -0.39 is 6.04 Å². The lowest BCUT2D eigenvalue weighted by Crippen LogP contribution is -2.53. The molecule has 2 amide bonds. The number of benzene rings is 1. The van der Waals surface area contributed by atoms with Crippen LogP contribution >= 0.6 is 0 Å². The maximum absolute atomic E-state index is 14.1. The fourth-order valence-electron chi connectivity index (χ4n) is 5.24. The van der Waals surface area contributed by atoms with E-state index in [1.807, 2.05) is 24.3 Å². The largest absolute Gasteiger partial charge is 0.351 e. The number of hydrogen-bond donors (Lipinski definition) is 2. The second-order valence-electron chi connectivity index (χ2n) is 11.0. The molecule has 6 nitrogen and oxygen atoms in total. The first kappa shape index (κ1) is 25.4. The van der Waals surface area contributed by atoms with Gasteiger partial charge in [-0.1, -0.05) is 64.7 Å². The lowest BCUT2D eigenvalue weighted by molar-refractivity contribution is -0.128. The summed E-state index contributed by atoms with van der Waals surface area (Å²) in [6.07, 6.45) is 11.7. The summed E-state index contributed by atoms with van der Waals surface area (Å²) in [5, 5.41) is 6.67. The monoisotopic (exact) mass is 476 g/mol. The molecule has 2 aromatic rings. The molecule has 0 spiro atoms. The van der Waals surface area contributed by atoms with Gasteiger partial charge in [-0.2, -0.15) is 0 Å². The van der Waals surface area contributed by atoms with Crippen LogP contribution in [0.5, 0.6) is 0 Å². The highest BCUT2D eigenvalue weighted by molar-refractivity contribution is 6.03. The molecule has 188 valence electrons. The Morgan fingerprint density at radius 2 is 1.71 bits per heavy atom. The van der Waals surface area contributed by atoms with E-state index in [2.05, 4.69) is 48.5 Å². The molecule has 1 saturated carbocycles. The van der Waals surface area contributed by atoms with Crippen molar-refractivity contribution in [1.29, 1.82) is 0 Å². The van der Waals surface area contributed by atoms with E-state index >= 15 is 0 Å². The second-order valence-corrected chi connectivity index (χ2v) is 11.0. The molecule has 35 heavy (non-hydrogen) atoms. The first-order chi connectivity index (χ1) is 16.8. The number of piperidine rings is 1. The Labute approximate surface area is 209 Å². The lowest BCUT2D eigenvalue weighted by Gasteiger charge is -2.36. The van der Waals surface area contributed by atoms with Gasteiger partial charge in [0.15, 0.2) is 0 Å². The van der Waals surface area contributed by atoms with Gasteiger partial charge in [0.25, 0.3) is 0 Å². The summed E-state index contributed by atoms with van der Waals surface area (Å²) in [6.45, 7) is 7.34. The van der Waals surface area contributed by atoms with Gasteiger partial charge in [0, 0.05) is 29.7 Å². The highest BCUT2D eigenvalue weighted by Crippen LogP contribution is 2.32. The number of nitrogens with zero attached hydrogens (tertiary/aromatic N) is 2. The minimum Gasteiger partial charge on any atom is -0.351 e. The van der Waals surface area contributed by atoms with Crippen LogP contribution in [0.15, 0.2) is 48.8 Å². The molecular formula is C29H40N4O2. The van der Waals surface area contributed by atoms with Gasteiger partial charge in [0.2, 0.25) is 11.8 Å². The lowest BCUT2D eigenvalue weighted by atomic mass is 9.87.